The van der Waals surface area contributed by atoms with E-state index in [0.29, 0.717) is 17.3 Å². The van der Waals surface area contributed by atoms with Gasteiger partial charge in [0, 0.05) is 12.0 Å². The van der Waals surface area contributed by atoms with Gasteiger partial charge in [0.1, 0.15) is 5.75 Å². The number of aromatic hydroxyl groups is 1. The smallest absolute Gasteiger partial charge is 0.303 e. The summed E-state index contributed by atoms with van der Waals surface area (Å²) in [7, 11) is 0. The van der Waals surface area contributed by atoms with E-state index in [1.54, 1.807) is 12.1 Å². The molecule has 1 aromatic carbocycles. The van der Waals surface area contributed by atoms with E-state index >= 15 is 0 Å². The lowest BCUT2D eigenvalue weighted by molar-refractivity contribution is -0.137. The van der Waals surface area contributed by atoms with Gasteiger partial charge in [-0.15, -0.1) is 0 Å². The van der Waals surface area contributed by atoms with E-state index in [1.165, 1.54) is 12.1 Å². The van der Waals surface area contributed by atoms with Crippen molar-refractivity contribution in [2.75, 3.05) is 0 Å². The number of aliphatic carboxylic acids is 1. The zero-order chi connectivity index (χ0) is 12.3. The van der Waals surface area contributed by atoms with E-state index in [1.807, 2.05) is 0 Å². The summed E-state index contributed by atoms with van der Waals surface area (Å²) in [5.74, 6) is -0.0822. The fraction of sp³-hybridized carbons (Fsp3) is 0.182. The third kappa shape index (κ3) is 2.81. The number of carboxylic acids is 1. The summed E-state index contributed by atoms with van der Waals surface area (Å²) in [6.45, 7) is 0. The molecule has 0 bridgehead atoms. The fourth-order valence-corrected chi connectivity index (χ4v) is 1.30. The van der Waals surface area contributed by atoms with Crippen molar-refractivity contribution in [3.63, 3.8) is 0 Å². The van der Waals surface area contributed by atoms with Gasteiger partial charge in [-0.05, 0) is 24.3 Å². The van der Waals surface area contributed by atoms with Crippen LogP contribution in [0.15, 0.2) is 28.8 Å². The van der Waals surface area contributed by atoms with Gasteiger partial charge in [0.25, 0.3) is 5.89 Å². The van der Waals surface area contributed by atoms with Gasteiger partial charge in [-0.2, -0.15) is 4.98 Å². The Hall–Kier alpha value is -2.37. The molecule has 0 aliphatic rings. The van der Waals surface area contributed by atoms with Crippen LogP contribution in [0, 0.1) is 0 Å². The van der Waals surface area contributed by atoms with E-state index in [4.69, 9.17) is 14.7 Å². The number of aromatic nitrogens is 2. The number of carboxylic acid groups (broad SMARTS) is 1. The Morgan fingerprint density at radius 2 is 2.00 bits per heavy atom. The quantitative estimate of drug-likeness (QED) is 0.831. The molecule has 6 nitrogen and oxygen atoms in total. The van der Waals surface area contributed by atoms with Crippen LogP contribution < -0.4 is 0 Å². The Morgan fingerprint density at radius 3 is 2.65 bits per heavy atom. The summed E-state index contributed by atoms with van der Waals surface area (Å²) in [6.07, 6.45) is 0.200. The van der Waals surface area contributed by atoms with Gasteiger partial charge < -0.3 is 14.7 Å². The Balaban J connectivity index is 2.12. The Labute approximate surface area is 96.5 Å². The van der Waals surface area contributed by atoms with Crippen molar-refractivity contribution >= 4 is 5.97 Å². The van der Waals surface area contributed by atoms with Crippen LogP contribution in [0.5, 0.6) is 5.75 Å². The number of rotatable bonds is 4. The SMILES string of the molecule is O=C(O)CCc1noc(-c2ccc(O)cc2)n1. The standard InChI is InChI=1S/C11H10N2O4/c14-8-3-1-7(2-4-8)11-12-9(13-17-11)5-6-10(15)16/h1-4,14H,5-6H2,(H,15,16). The number of carbonyl (C=O) groups is 1. The molecule has 1 heterocycles. The number of phenolic OH excluding ortho intramolecular Hbond substituents is 1. The van der Waals surface area contributed by atoms with E-state index in [0.717, 1.165) is 0 Å². The van der Waals surface area contributed by atoms with Crippen molar-refractivity contribution in [1.29, 1.82) is 0 Å². The maximum absolute atomic E-state index is 10.4. The third-order valence-electron chi connectivity index (χ3n) is 2.14. The summed E-state index contributed by atoms with van der Waals surface area (Å²) in [6, 6.07) is 6.31. The molecular formula is C11H10N2O4. The van der Waals surface area contributed by atoms with Crippen LogP contribution in [0.25, 0.3) is 11.5 Å². The number of hydrogen-bond acceptors (Lipinski definition) is 5. The summed E-state index contributed by atoms with van der Waals surface area (Å²) in [5.41, 5.74) is 0.678. The van der Waals surface area contributed by atoms with Crippen molar-refractivity contribution in [2.24, 2.45) is 0 Å². The lowest BCUT2D eigenvalue weighted by Gasteiger charge is -1.93. The van der Waals surface area contributed by atoms with Crippen LogP contribution >= 0.6 is 0 Å². The average Bonchev–Trinajstić information content (AvgIpc) is 2.76. The molecule has 0 aliphatic carbocycles. The molecule has 0 aliphatic heterocycles. The zero-order valence-electron chi connectivity index (χ0n) is 8.83. The molecule has 0 unspecified atom stereocenters. The summed E-state index contributed by atoms with van der Waals surface area (Å²) in [4.78, 5) is 14.4. The molecule has 0 radical (unpaired) electrons. The zero-order valence-corrected chi connectivity index (χ0v) is 8.83. The Morgan fingerprint density at radius 1 is 1.29 bits per heavy atom. The van der Waals surface area contributed by atoms with Crippen LogP contribution in [0.2, 0.25) is 0 Å². The van der Waals surface area contributed by atoms with Gasteiger partial charge in [0.2, 0.25) is 0 Å². The summed E-state index contributed by atoms with van der Waals surface area (Å²) < 4.78 is 4.99. The van der Waals surface area contributed by atoms with Crippen LogP contribution in [-0.2, 0) is 11.2 Å². The molecular weight excluding hydrogens is 224 g/mol. The highest BCUT2D eigenvalue weighted by molar-refractivity contribution is 5.66. The van der Waals surface area contributed by atoms with E-state index < -0.39 is 5.97 Å². The minimum Gasteiger partial charge on any atom is -0.508 e. The van der Waals surface area contributed by atoms with Crippen molar-refractivity contribution in [2.45, 2.75) is 12.8 Å². The molecule has 2 aromatic rings. The first-order valence-electron chi connectivity index (χ1n) is 4.99. The molecule has 0 fully saturated rings. The van der Waals surface area contributed by atoms with Crippen molar-refractivity contribution in [3.8, 4) is 17.2 Å². The Bertz CT molecular complexity index is 519. The summed E-state index contributed by atoms with van der Waals surface area (Å²) >= 11 is 0. The molecule has 2 N–H and O–H groups in total. The molecule has 6 heteroatoms. The lowest BCUT2D eigenvalue weighted by Crippen LogP contribution is -1.98. The predicted octanol–water partition coefficient (Wildman–Crippen LogP) is 1.46. The van der Waals surface area contributed by atoms with Gasteiger partial charge in [0.15, 0.2) is 5.82 Å². The molecule has 2 rings (SSSR count). The topological polar surface area (TPSA) is 96.5 Å². The van der Waals surface area contributed by atoms with E-state index in [-0.39, 0.29) is 18.6 Å². The maximum Gasteiger partial charge on any atom is 0.303 e. The fourth-order valence-electron chi connectivity index (χ4n) is 1.30. The van der Waals surface area contributed by atoms with Crippen molar-refractivity contribution in [1.82, 2.24) is 10.1 Å². The highest BCUT2D eigenvalue weighted by atomic mass is 16.5. The molecule has 0 amide bonds. The molecule has 17 heavy (non-hydrogen) atoms. The second-order valence-electron chi connectivity index (χ2n) is 3.46. The van der Waals surface area contributed by atoms with Crippen molar-refractivity contribution in [3.05, 3.63) is 30.1 Å². The van der Waals surface area contributed by atoms with Crippen molar-refractivity contribution < 1.29 is 19.5 Å². The minimum atomic E-state index is -0.902. The number of phenols is 1. The average molecular weight is 234 g/mol. The second kappa shape index (κ2) is 4.65. The van der Waals surface area contributed by atoms with Crippen LogP contribution in [-0.4, -0.2) is 26.3 Å². The van der Waals surface area contributed by atoms with Gasteiger partial charge in [-0.3, -0.25) is 4.79 Å². The number of nitrogens with zero attached hydrogens (tertiary/aromatic N) is 2. The number of hydrogen-bond donors (Lipinski definition) is 2. The van der Waals surface area contributed by atoms with E-state index in [2.05, 4.69) is 10.1 Å². The molecule has 1 aromatic heterocycles. The first-order chi connectivity index (χ1) is 8.15. The predicted molar refractivity (Wildman–Crippen MR) is 57.4 cm³/mol. The number of benzene rings is 1. The Kier molecular flexibility index (Phi) is 3.04. The third-order valence-corrected chi connectivity index (χ3v) is 2.14. The molecule has 0 saturated heterocycles. The number of aryl methyl sites for hydroxylation is 1. The maximum atomic E-state index is 10.4. The van der Waals surface area contributed by atoms with Gasteiger partial charge >= 0.3 is 5.97 Å². The normalized spacial score (nSPS) is 10.4. The monoisotopic (exact) mass is 234 g/mol. The largest absolute Gasteiger partial charge is 0.508 e. The lowest BCUT2D eigenvalue weighted by atomic mass is 10.2. The van der Waals surface area contributed by atoms with Crippen LogP contribution in [0.3, 0.4) is 0 Å². The second-order valence-corrected chi connectivity index (χ2v) is 3.46. The molecule has 0 atom stereocenters. The van der Waals surface area contributed by atoms with Gasteiger partial charge in [0.05, 0.1) is 6.42 Å². The first-order valence-corrected chi connectivity index (χ1v) is 4.99. The highest BCUT2D eigenvalue weighted by Gasteiger charge is 2.09. The first kappa shape index (κ1) is 11.1. The highest BCUT2D eigenvalue weighted by Crippen LogP contribution is 2.20. The molecule has 0 saturated carbocycles. The summed E-state index contributed by atoms with van der Waals surface area (Å²) in [5, 5.41) is 21.3. The van der Waals surface area contributed by atoms with Crippen LogP contribution in [0.4, 0.5) is 0 Å². The molecule has 0 spiro atoms. The van der Waals surface area contributed by atoms with Gasteiger partial charge in [-0.25, -0.2) is 0 Å². The minimum absolute atomic E-state index is 0.0332. The van der Waals surface area contributed by atoms with E-state index in [9.17, 15) is 4.79 Å². The van der Waals surface area contributed by atoms with Gasteiger partial charge in [-0.1, -0.05) is 5.16 Å². The van der Waals surface area contributed by atoms with Crippen LogP contribution in [0.1, 0.15) is 12.2 Å². The molecule has 88 valence electrons.